The molecule has 0 saturated heterocycles. The maximum Gasteiger partial charge on any atom is 0.162 e. The number of aromatic nitrogens is 5. The van der Waals surface area contributed by atoms with Crippen molar-refractivity contribution in [3.05, 3.63) is 235 Å². The van der Waals surface area contributed by atoms with Crippen LogP contribution in [0.5, 0.6) is 0 Å². The predicted octanol–water partition coefficient (Wildman–Crippen LogP) is 19.2. The second-order valence-electron chi connectivity index (χ2n) is 20.3. The molecule has 8 bridgehead atoms. The van der Waals surface area contributed by atoms with E-state index in [1.54, 1.807) is 36.4 Å². The molecule has 77 heavy (non-hydrogen) atoms. The summed E-state index contributed by atoms with van der Waals surface area (Å²) in [6.07, 6.45) is 0. The fraction of sp³-hybridized carbons (Fsp3) is 0.0417. The van der Waals surface area contributed by atoms with E-state index in [9.17, 15) is 0 Å². The zero-order chi connectivity index (χ0) is 58.5. The maximum absolute atomic E-state index is 8.49. The largest absolute Gasteiger partial charge is 0.353 e. The molecular formula is C72H47N5. The van der Waals surface area contributed by atoms with E-state index >= 15 is 0 Å². The number of fused-ring (bicyclic) bond motifs is 24. The summed E-state index contributed by atoms with van der Waals surface area (Å²) in [5.74, 6) is 0.449. The van der Waals surface area contributed by atoms with Gasteiger partial charge in [-0.2, -0.15) is 0 Å². The molecule has 2 N–H and O–H groups in total. The van der Waals surface area contributed by atoms with Crippen LogP contribution in [0.15, 0.2) is 218 Å². The zero-order valence-electron chi connectivity index (χ0n) is 50.1. The van der Waals surface area contributed by atoms with E-state index in [-0.39, 0.29) is 16.7 Å². The van der Waals surface area contributed by atoms with E-state index in [1.165, 1.54) is 0 Å². The molecule has 3 aromatic heterocycles. The molecule has 0 fully saturated rings. The van der Waals surface area contributed by atoms with Crippen LogP contribution >= 0.6 is 0 Å². The number of hydrogen-bond acceptors (Lipinski definition) is 3. The lowest BCUT2D eigenvalue weighted by Gasteiger charge is -2.10. The van der Waals surface area contributed by atoms with Gasteiger partial charge in [-0.25, -0.2) is 15.0 Å². The number of hydrogen-bond donors (Lipinski definition) is 2. The summed E-state index contributed by atoms with van der Waals surface area (Å²) < 4.78 is 76.1. The lowest BCUT2D eigenvalue weighted by atomic mass is 9.91. The van der Waals surface area contributed by atoms with E-state index in [1.807, 2.05) is 84.9 Å². The first kappa shape index (κ1) is 35.3. The van der Waals surface area contributed by atoms with E-state index in [0.29, 0.717) is 78.5 Å². The maximum atomic E-state index is 8.49. The van der Waals surface area contributed by atoms with Crippen molar-refractivity contribution in [1.29, 1.82) is 0 Å². The summed E-state index contributed by atoms with van der Waals surface area (Å²) in [6, 6.07) is 71.4. The Morgan fingerprint density at radius 2 is 0.610 bits per heavy atom. The van der Waals surface area contributed by atoms with Crippen LogP contribution in [-0.4, -0.2) is 24.9 Å². The molecule has 5 heteroatoms. The Hall–Kier alpha value is -9.97. The minimum absolute atomic E-state index is 0.183. The quantitative estimate of drug-likeness (QED) is 0.185. The average molecular weight is 991 g/mol. The van der Waals surface area contributed by atoms with Crippen LogP contribution < -0.4 is 0 Å². The monoisotopic (exact) mass is 990 g/mol. The Labute approximate surface area is 456 Å². The molecule has 5 nitrogen and oxygen atoms in total. The third-order valence-electron chi connectivity index (χ3n) is 15.7. The molecule has 11 aromatic carbocycles. The van der Waals surface area contributed by atoms with Crippen molar-refractivity contribution in [2.24, 2.45) is 0 Å². The van der Waals surface area contributed by atoms with Crippen LogP contribution in [-0.2, 0) is 0 Å². The molecule has 0 saturated carbocycles. The normalized spacial score (nSPS) is 14.3. The molecule has 5 heterocycles. The van der Waals surface area contributed by atoms with Crippen molar-refractivity contribution >= 4 is 86.8 Å². The third-order valence-corrected chi connectivity index (χ3v) is 15.7. The summed E-state index contributed by atoms with van der Waals surface area (Å²) in [6.45, 7) is -7.13. The number of aromatic amines is 2. The Bertz CT molecular complexity index is 5350. The average Bonchev–Trinajstić information content (AvgIpc) is 1.73. The molecule has 14 aromatic rings. The lowest BCUT2D eigenvalue weighted by Crippen LogP contribution is -1.88. The van der Waals surface area contributed by atoms with Crippen LogP contribution in [0.25, 0.3) is 165 Å². The van der Waals surface area contributed by atoms with Gasteiger partial charge in [0.25, 0.3) is 0 Å². The SMILES string of the molecule is [2H]C([2H])([2H])c1ccc(-c2c3nc(c(-c4ccc(C([2H])([2H])[2H])cc4)c4[nH]c(c(-c5ccc(C([2H])([2H])[2H])cc5)c5nc(nc6[nH]c2c2cc7ccccc7cc62)-c2cc6ccccc6cc2-5)c2cc5ccccc5cc42)-c2cc4ccccc4cc2-3)cc1. The summed E-state index contributed by atoms with van der Waals surface area (Å²) in [5.41, 5.74) is 12.5. The van der Waals surface area contributed by atoms with Gasteiger partial charge >= 0.3 is 0 Å². The van der Waals surface area contributed by atoms with Gasteiger partial charge in [0.1, 0.15) is 5.65 Å². The first-order valence-electron chi connectivity index (χ1n) is 30.2. The Morgan fingerprint density at radius 3 is 1.00 bits per heavy atom. The number of aryl methyl sites for hydroxylation is 3. The highest BCUT2D eigenvalue weighted by Gasteiger charge is 2.30. The van der Waals surface area contributed by atoms with Crippen LogP contribution in [0.3, 0.4) is 0 Å². The van der Waals surface area contributed by atoms with E-state index < -0.39 is 20.6 Å². The predicted molar refractivity (Wildman–Crippen MR) is 323 cm³/mol. The summed E-state index contributed by atoms with van der Waals surface area (Å²) in [4.78, 5) is 25.3. The molecule has 0 unspecified atom stereocenters. The molecule has 0 amide bonds. The molecule has 0 spiro atoms. The summed E-state index contributed by atoms with van der Waals surface area (Å²) >= 11 is 0. The molecule has 360 valence electrons. The number of benzene rings is 11. The van der Waals surface area contributed by atoms with Gasteiger partial charge in [0.15, 0.2) is 5.82 Å². The molecule has 16 rings (SSSR count). The van der Waals surface area contributed by atoms with Gasteiger partial charge in [-0.1, -0.05) is 187 Å². The molecule has 0 aliphatic carbocycles. The van der Waals surface area contributed by atoms with Gasteiger partial charge < -0.3 is 9.97 Å². The van der Waals surface area contributed by atoms with E-state index in [0.717, 1.165) is 86.9 Å². The number of nitrogens with zero attached hydrogens (tertiary/aromatic N) is 3. The first-order valence-corrected chi connectivity index (χ1v) is 25.7. The van der Waals surface area contributed by atoms with Gasteiger partial charge in [-0.15, -0.1) is 0 Å². The lowest BCUT2D eigenvalue weighted by molar-refractivity contribution is 1.27. The number of H-pyrrole nitrogens is 2. The zero-order valence-corrected chi connectivity index (χ0v) is 41.1. The standard InChI is InChI=1S/C72H47N5/c1-40-20-26-43(27-21-40)62-65-54-32-46-12-4-6-14-48(46)34-56(54)67(73-65)63(44-28-22-41(2)23-29-44)69-58-36-50-16-8-10-18-52(50)38-60(58)71(75-69)77-72-61-39-53-19-11-9-17-51(53)37-59(61)70(76-72)64(45-30-24-42(3)25-31-45)68-57-35-49-15-7-5-13-47(49)33-55(57)66(62)74-68/h4-39,73H,1-3H3,(H,75,76,77)/i1D3,2D3,3D3. The second kappa shape index (κ2) is 16.5. The van der Waals surface area contributed by atoms with Crippen LogP contribution in [0.2, 0.25) is 0 Å². The smallest absolute Gasteiger partial charge is 0.162 e. The Kier molecular flexibility index (Phi) is 7.56. The molecule has 2 aliphatic heterocycles. The van der Waals surface area contributed by atoms with Crippen molar-refractivity contribution in [1.82, 2.24) is 24.9 Å². The van der Waals surface area contributed by atoms with Gasteiger partial charge in [-0.05, 0) is 129 Å². The van der Waals surface area contributed by atoms with Crippen LogP contribution in [0, 0.1) is 20.6 Å². The third kappa shape index (κ3) is 6.77. The highest BCUT2D eigenvalue weighted by atomic mass is 15.0. The van der Waals surface area contributed by atoms with Crippen molar-refractivity contribution in [2.45, 2.75) is 20.6 Å². The minimum atomic E-state index is -2.39. The summed E-state index contributed by atoms with van der Waals surface area (Å²) in [5, 5.41) is 11.2. The number of rotatable bonds is 3. The molecule has 0 atom stereocenters. The van der Waals surface area contributed by atoms with Crippen LogP contribution in [0.1, 0.15) is 29.0 Å². The van der Waals surface area contributed by atoms with Gasteiger partial charge in [0.2, 0.25) is 0 Å². The molecule has 2 aliphatic rings. The van der Waals surface area contributed by atoms with Gasteiger partial charge in [0.05, 0.1) is 33.6 Å². The van der Waals surface area contributed by atoms with E-state index in [4.69, 9.17) is 27.3 Å². The van der Waals surface area contributed by atoms with E-state index in [2.05, 4.69) is 107 Å². The highest BCUT2D eigenvalue weighted by molar-refractivity contribution is 6.23. The second-order valence-corrected chi connectivity index (χ2v) is 20.3. The molecule has 0 radical (unpaired) electrons. The fourth-order valence-corrected chi connectivity index (χ4v) is 12.1. The first-order chi connectivity index (χ1) is 41.5. The Morgan fingerprint density at radius 1 is 0.299 bits per heavy atom. The highest BCUT2D eigenvalue weighted by Crippen LogP contribution is 2.51. The van der Waals surface area contributed by atoms with Crippen molar-refractivity contribution in [2.75, 3.05) is 0 Å². The van der Waals surface area contributed by atoms with Gasteiger partial charge in [0, 0.05) is 72.8 Å². The van der Waals surface area contributed by atoms with Gasteiger partial charge in [-0.3, -0.25) is 0 Å². The van der Waals surface area contributed by atoms with Crippen molar-refractivity contribution in [3.8, 4) is 78.5 Å². The van der Waals surface area contributed by atoms with Crippen molar-refractivity contribution < 1.29 is 12.3 Å². The molecular weight excluding hydrogens is 935 g/mol. The minimum Gasteiger partial charge on any atom is -0.353 e. The topological polar surface area (TPSA) is 70.2 Å². The summed E-state index contributed by atoms with van der Waals surface area (Å²) in [7, 11) is 0. The fourth-order valence-electron chi connectivity index (χ4n) is 12.1. The van der Waals surface area contributed by atoms with Crippen molar-refractivity contribution in [3.63, 3.8) is 0 Å². The van der Waals surface area contributed by atoms with Crippen LogP contribution in [0.4, 0.5) is 0 Å². The number of nitrogens with one attached hydrogen (secondary N) is 2. The Balaban J connectivity index is 1.21.